The van der Waals surface area contributed by atoms with Crippen LogP contribution in [-0.4, -0.2) is 16.0 Å². The Morgan fingerprint density at radius 2 is 2.32 bits per heavy atom. The zero-order valence-corrected chi connectivity index (χ0v) is 12.6. The molecular formula is C15H14ClN3O3. The van der Waals surface area contributed by atoms with Crippen molar-refractivity contribution < 1.29 is 14.1 Å². The van der Waals surface area contributed by atoms with Crippen LogP contribution in [0.5, 0.6) is 5.75 Å². The highest BCUT2D eigenvalue weighted by atomic mass is 35.5. The van der Waals surface area contributed by atoms with E-state index in [1.165, 1.54) is 13.2 Å². The monoisotopic (exact) mass is 319 g/mol. The van der Waals surface area contributed by atoms with Gasteiger partial charge in [0.25, 0.3) is 0 Å². The molecule has 3 rings (SSSR count). The predicted molar refractivity (Wildman–Crippen MR) is 81.7 cm³/mol. The smallest absolute Gasteiger partial charge is 0.217 e. The molecule has 114 valence electrons. The van der Waals surface area contributed by atoms with Gasteiger partial charge in [0.1, 0.15) is 24.3 Å². The summed E-state index contributed by atoms with van der Waals surface area (Å²) in [7, 11) is 0. The van der Waals surface area contributed by atoms with Crippen LogP contribution >= 0.6 is 11.6 Å². The van der Waals surface area contributed by atoms with E-state index in [1.807, 2.05) is 18.2 Å². The third-order valence-electron chi connectivity index (χ3n) is 3.12. The van der Waals surface area contributed by atoms with Crippen LogP contribution in [0.2, 0.25) is 5.02 Å². The maximum atomic E-state index is 11.0. The molecular weight excluding hydrogens is 306 g/mol. The summed E-state index contributed by atoms with van der Waals surface area (Å²) in [5, 5.41) is 7.99. The van der Waals surface area contributed by atoms with Crippen molar-refractivity contribution >= 4 is 28.4 Å². The Balaban J connectivity index is 1.79. The summed E-state index contributed by atoms with van der Waals surface area (Å²) in [5.74, 6) is 0.485. The molecule has 0 unspecified atom stereocenters. The van der Waals surface area contributed by atoms with Gasteiger partial charge in [0.2, 0.25) is 5.91 Å². The summed E-state index contributed by atoms with van der Waals surface area (Å²) >= 11 is 6.23. The standard InChI is InChI=1S/C15H14ClN3O3/c1-9(20)17-7-12-4-10-5-13(16)15(6-14(10)18-12)21-8-11-2-3-22-19-11/h2-6,18H,7-8H2,1H3,(H,17,20). The summed E-state index contributed by atoms with van der Waals surface area (Å²) in [4.78, 5) is 14.2. The number of carbonyl (C=O) groups is 1. The summed E-state index contributed by atoms with van der Waals surface area (Å²) < 4.78 is 10.4. The van der Waals surface area contributed by atoms with Gasteiger partial charge in [-0.15, -0.1) is 0 Å². The number of aromatic amines is 1. The Bertz CT molecular complexity index is 796. The first kappa shape index (κ1) is 14.5. The van der Waals surface area contributed by atoms with Crippen LogP contribution < -0.4 is 10.1 Å². The molecule has 0 aliphatic heterocycles. The summed E-state index contributed by atoms with van der Waals surface area (Å²) in [6, 6.07) is 7.32. The molecule has 3 aromatic rings. The van der Waals surface area contributed by atoms with Gasteiger partial charge in [-0.3, -0.25) is 4.79 Å². The molecule has 2 N–H and O–H groups in total. The minimum Gasteiger partial charge on any atom is -0.486 e. The van der Waals surface area contributed by atoms with E-state index < -0.39 is 0 Å². The zero-order chi connectivity index (χ0) is 15.5. The highest BCUT2D eigenvalue weighted by Gasteiger charge is 2.09. The Morgan fingerprint density at radius 1 is 1.45 bits per heavy atom. The molecule has 0 saturated carbocycles. The summed E-state index contributed by atoms with van der Waals surface area (Å²) in [5.41, 5.74) is 2.48. The number of fused-ring (bicyclic) bond motifs is 1. The number of rotatable bonds is 5. The van der Waals surface area contributed by atoms with E-state index in [2.05, 4.69) is 15.5 Å². The van der Waals surface area contributed by atoms with Gasteiger partial charge >= 0.3 is 0 Å². The van der Waals surface area contributed by atoms with Crippen LogP contribution in [0.3, 0.4) is 0 Å². The molecule has 0 saturated heterocycles. The number of hydrogen-bond donors (Lipinski definition) is 2. The van der Waals surface area contributed by atoms with Gasteiger partial charge in [-0.25, -0.2) is 0 Å². The fraction of sp³-hybridized carbons (Fsp3) is 0.200. The number of hydrogen-bond acceptors (Lipinski definition) is 4. The number of halogens is 1. The molecule has 0 aliphatic carbocycles. The van der Waals surface area contributed by atoms with Crippen molar-refractivity contribution in [2.24, 2.45) is 0 Å². The van der Waals surface area contributed by atoms with Crippen molar-refractivity contribution in [3.63, 3.8) is 0 Å². The van der Waals surface area contributed by atoms with E-state index >= 15 is 0 Å². The average molecular weight is 320 g/mol. The Morgan fingerprint density at radius 3 is 3.05 bits per heavy atom. The second-order valence-corrected chi connectivity index (χ2v) is 5.26. The molecule has 0 radical (unpaired) electrons. The van der Waals surface area contributed by atoms with E-state index in [1.54, 1.807) is 6.07 Å². The van der Waals surface area contributed by atoms with Gasteiger partial charge in [-0.1, -0.05) is 16.8 Å². The average Bonchev–Trinajstić information content (AvgIpc) is 3.11. The van der Waals surface area contributed by atoms with E-state index in [0.29, 0.717) is 23.0 Å². The molecule has 0 atom stereocenters. The number of carbonyl (C=O) groups excluding carboxylic acids is 1. The first-order valence-corrected chi connectivity index (χ1v) is 7.07. The molecule has 6 nitrogen and oxygen atoms in total. The maximum Gasteiger partial charge on any atom is 0.217 e. The lowest BCUT2D eigenvalue weighted by Crippen LogP contribution is -2.18. The topological polar surface area (TPSA) is 80.2 Å². The number of nitrogens with zero attached hydrogens (tertiary/aromatic N) is 1. The molecule has 0 bridgehead atoms. The van der Waals surface area contributed by atoms with Crippen LogP contribution in [0.15, 0.2) is 35.1 Å². The molecule has 0 aliphatic rings. The number of benzene rings is 1. The molecule has 2 heterocycles. The van der Waals surface area contributed by atoms with Crippen molar-refractivity contribution in [2.45, 2.75) is 20.1 Å². The molecule has 2 aromatic heterocycles. The van der Waals surface area contributed by atoms with Crippen LogP contribution in [0.4, 0.5) is 0 Å². The highest BCUT2D eigenvalue weighted by molar-refractivity contribution is 6.32. The Labute approximate surface area is 131 Å². The lowest BCUT2D eigenvalue weighted by atomic mass is 10.2. The SMILES string of the molecule is CC(=O)NCc1cc2cc(Cl)c(OCc3ccon3)cc2[nH]1. The second-order valence-electron chi connectivity index (χ2n) is 4.85. The van der Waals surface area contributed by atoms with Gasteiger partial charge in [0, 0.05) is 35.7 Å². The number of nitrogens with one attached hydrogen (secondary N) is 2. The van der Waals surface area contributed by atoms with Gasteiger partial charge in [0.15, 0.2) is 0 Å². The van der Waals surface area contributed by atoms with Crippen molar-refractivity contribution in [2.75, 3.05) is 0 Å². The number of amides is 1. The fourth-order valence-corrected chi connectivity index (χ4v) is 2.31. The van der Waals surface area contributed by atoms with E-state index in [9.17, 15) is 4.79 Å². The van der Waals surface area contributed by atoms with Crippen molar-refractivity contribution in [1.29, 1.82) is 0 Å². The number of aromatic nitrogens is 2. The molecule has 7 heteroatoms. The highest BCUT2D eigenvalue weighted by Crippen LogP contribution is 2.31. The fourth-order valence-electron chi connectivity index (χ4n) is 2.08. The predicted octanol–water partition coefficient (Wildman–Crippen LogP) is 3.02. The largest absolute Gasteiger partial charge is 0.486 e. The Kier molecular flexibility index (Phi) is 4.02. The van der Waals surface area contributed by atoms with Crippen LogP contribution in [-0.2, 0) is 17.9 Å². The van der Waals surface area contributed by atoms with Gasteiger partial charge < -0.3 is 19.6 Å². The van der Waals surface area contributed by atoms with Gasteiger partial charge in [-0.05, 0) is 12.1 Å². The third-order valence-corrected chi connectivity index (χ3v) is 3.42. The van der Waals surface area contributed by atoms with Crippen molar-refractivity contribution in [1.82, 2.24) is 15.5 Å². The van der Waals surface area contributed by atoms with E-state index in [4.69, 9.17) is 20.9 Å². The van der Waals surface area contributed by atoms with Crippen molar-refractivity contribution in [3.8, 4) is 5.75 Å². The summed E-state index contributed by atoms with van der Waals surface area (Å²) in [6.07, 6.45) is 1.49. The number of ether oxygens (including phenoxy) is 1. The minimum absolute atomic E-state index is 0.0756. The van der Waals surface area contributed by atoms with Crippen LogP contribution in [0, 0.1) is 0 Å². The van der Waals surface area contributed by atoms with Crippen LogP contribution in [0.25, 0.3) is 10.9 Å². The minimum atomic E-state index is -0.0756. The molecule has 22 heavy (non-hydrogen) atoms. The molecule has 0 spiro atoms. The second kappa shape index (κ2) is 6.11. The van der Waals surface area contributed by atoms with Gasteiger partial charge in [-0.2, -0.15) is 0 Å². The lowest BCUT2D eigenvalue weighted by molar-refractivity contribution is -0.119. The first-order chi connectivity index (χ1) is 10.6. The normalized spacial score (nSPS) is 10.8. The third kappa shape index (κ3) is 3.23. The first-order valence-electron chi connectivity index (χ1n) is 6.69. The molecule has 1 aromatic carbocycles. The number of H-pyrrole nitrogens is 1. The van der Waals surface area contributed by atoms with E-state index in [-0.39, 0.29) is 12.5 Å². The zero-order valence-electron chi connectivity index (χ0n) is 11.9. The van der Waals surface area contributed by atoms with Crippen LogP contribution in [0.1, 0.15) is 18.3 Å². The Hall–Kier alpha value is -2.47. The molecule has 1 amide bonds. The maximum absolute atomic E-state index is 11.0. The van der Waals surface area contributed by atoms with E-state index in [0.717, 1.165) is 16.6 Å². The lowest BCUT2D eigenvalue weighted by Gasteiger charge is -2.06. The van der Waals surface area contributed by atoms with Crippen molar-refractivity contribution in [3.05, 3.63) is 46.9 Å². The molecule has 0 fully saturated rings. The summed E-state index contributed by atoms with van der Waals surface area (Å²) in [6.45, 7) is 2.20. The van der Waals surface area contributed by atoms with Gasteiger partial charge in [0.05, 0.1) is 11.6 Å². The quantitative estimate of drug-likeness (QED) is 0.757.